The second kappa shape index (κ2) is 4.97. The highest BCUT2D eigenvalue weighted by Gasteiger charge is 2.07. The van der Waals surface area contributed by atoms with Crippen molar-refractivity contribution in [3.63, 3.8) is 0 Å². The molecular formula is C14H14FN3O. The Morgan fingerprint density at radius 2 is 1.89 bits per heavy atom. The van der Waals surface area contributed by atoms with Crippen LogP contribution in [0.4, 0.5) is 21.5 Å². The number of aryl methyl sites for hydroxylation is 1. The van der Waals surface area contributed by atoms with E-state index in [4.69, 9.17) is 11.5 Å². The number of nitrogen functional groups attached to an aromatic ring is 1. The Kier molecular flexibility index (Phi) is 3.37. The van der Waals surface area contributed by atoms with Gasteiger partial charge in [-0.3, -0.25) is 4.79 Å². The zero-order chi connectivity index (χ0) is 14.0. The molecule has 2 aromatic carbocycles. The maximum atomic E-state index is 13.3. The van der Waals surface area contributed by atoms with E-state index in [0.717, 1.165) is 5.56 Å². The predicted molar refractivity (Wildman–Crippen MR) is 73.8 cm³/mol. The molecule has 1 amide bonds. The molecule has 19 heavy (non-hydrogen) atoms. The maximum Gasteiger partial charge on any atom is 0.250 e. The van der Waals surface area contributed by atoms with E-state index in [0.29, 0.717) is 17.1 Å². The van der Waals surface area contributed by atoms with Crippen molar-refractivity contribution >= 4 is 23.0 Å². The van der Waals surface area contributed by atoms with Crippen molar-refractivity contribution in [3.05, 3.63) is 53.3 Å². The summed E-state index contributed by atoms with van der Waals surface area (Å²) < 4.78 is 13.3. The lowest BCUT2D eigenvalue weighted by atomic mass is 10.1. The number of carbonyl (C=O) groups excluding carboxylic acids is 1. The molecule has 0 saturated heterocycles. The minimum absolute atomic E-state index is 0.234. The summed E-state index contributed by atoms with van der Waals surface area (Å²) in [6, 6.07) is 9.41. The van der Waals surface area contributed by atoms with Gasteiger partial charge in [-0.2, -0.15) is 0 Å². The molecule has 5 N–H and O–H groups in total. The fraction of sp³-hybridized carbons (Fsp3) is 0.0714. The van der Waals surface area contributed by atoms with Crippen LogP contribution in [0.15, 0.2) is 36.4 Å². The quantitative estimate of drug-likeness (QED) is 0.741. The predicted octanol–water partition coefficient (Wildman–Crippen LogP) is 2.56. The van der Waals surface area contributed by atoms with Crippen LogP contribution in [0.3, 0.4) is 0 Å². The number of carbonyl (C=O) groups is 1. The van der Waals surface area contributed by atoms with Crippen molar-refractivity contribution < 1.29 is 9.18 Å². The summed E-state index contributed by atoms with van der Waals surface area (Å²) in [4.78, 5) is 11.2. The topological polar surface area (TPSA) is 81.1 Å². The van der Waals surface area contributed by atoms with Crippen molar-refractivity contribution in [1.82, 2.24) is 0 Å². The van der Waals surface area contributed by atoms with Crippen LogP contribution < -0.4 is 16.8 Å². The van der Waals surface area contributed by atoms with Crippen LogP contribution in [-0.4, -0.2) is 5.91 Å². The van der Waals surface area contributed by atoms with E-state index in [1.807, 2.05) is 0 Å². The molecule has 4 nitrogen and oxygen atoms in total. The number of hydrogen-bond donors (Lipinski definition) is 3. The average Bonchev–Trinajstić information content (AvgIpc) is 2.30. The second-order valence-corrected chi connectivity index (χ2v) is 4.31. The average molecular weight is 259 g/mol. The zero-order valence-electron chi connectivity index (χ0n) is 10.4. The van der Waals surface area contributed by atoms with Gasteiger partial charge in [-0.15, -0.1) is 0 Å². The molecule has 2 aromatic rings. The summed E-state index contributed by atoms with van der Waals surface area (Å²) in [6.07, 6.45) is 0. The lowest BCUT2D eigenvalue weighted by Crippen LogP contribution is -2.13. The lowest BCUT2D eigenvalue weighted by molar-refractivity contribution is 0.100. The van der Waals surface area contributed by atoms with Gasteiger partial charge in [0.1, 0.15) is 5.82 Å². The van der Waals surface area contributed by atoms with Crippen LogP contribution >= 0.6 is 0 Å². The third-order valence-corrected chi connectivity index (χ3v) is 2.65. The van der Waals surface area contributed by atoms with Gasteiger partial charge in [-0.05, 0) is 48.9 Å². The smallest absolute Gasteiger partial charge is 0.250 e. The molecule has 98 valence electrons. The third kappa shape index (κ3) is 3.01. The number of nitrogens with two attached hydrogens (primary N) is 2. The fourth-order valence-electron chi connectivity index (χ4n) is 1.82. The number of primary amides is 1. The second-order valence-electron chi connectivity index (χ2n) is 4.31. The van der Waals surface area contributed by atoms with E-state index < -0.39 is 5.91 Å². The van der Waals surface area contributed by atoms with E-state index in [1.165, 1.54) is 18.2 Å². The molecule has 5 heteroatoms. The summed E-state index contributed by atoms with van der Waals surface area (Å²) in [7, 11) is 0. The van der Waals surface area contributed by atoms with Gasteiger partial charge in [0.2, 0.25) is 0 Å². The Labute approximate surface area is 110 Å². The molecule has 0 aliphatic heterocycles. The molecule has 0 spiro atoms. The van der Waals surface area contributed by atoms with Gasteiger partial charge >= 0.3 is 0 Å². The fourth-order valence-corrected chi connectivity index (χ4v) is 1.82. The van der Waals surface area contributed by atoms with Crippen LogP contribution in [0.1, 0.15) is 15.9 Å². The maximum absolute atomic E-state index is 13.3. The highest BCUT2D eigenvalue weighted by atomic mass is 19.1. The molecule has 0 fully saturated rings. The first-order chi connectivity index (χ1) is 8.95. The van der Waals surface area contributed by atoms with Crippen LogP contribution in [0, 0.1) is 12.7 Å². The van der Waals surface area contributed by atoms with Gasteiger partial charge in [0.15, 0.2) is 0 Å². The molecule has 2 rings (SSSR count). The van der Waals surface area contributed by atoms with E-state index in [9.17, 15) is 9.18 Å². The Morgan fingerprint density at radius 1 is 1.16 bits per heavy atom. The van der Waals surface area contributed by atoms with Gasteiger partial charge in [-0.1, -0.05) is 0 Å². The number of hydrogen-bond acceptors (Lipinski definition) is 3. The van der Waals surface area contributed by atoms with Gasteiger partial charge in [0, 0.05) is 17.1 Å². The van der Waals surface area contributed by atoms with Crippen molar-refractivity contribution in [2.24, 2.45) is 5.73 Å². The monoisotopic (exact) mass is 259 g/mol. The Bertz CT molecular complexity index is 620. The summed E-state index contributed by atoms with van der Waals surface area (Å²) in [5, 5.41) is 3.00. The Balaban J connectivity index is 2.33. The SMILES string of the molecule is Cc1cc(F)cc(Nc2ccc(N)c(C(N)=O)c2)c1. The van der Waals surface area contributed by atoms with Gasteiger partial charge in [0.05, 0.1) is 5.56 Å². The molecule has 0 heterocycles. The van der Waals surface area contributed by atoms with E-state index in [1.54, 1.807) is 25.1 Å². The highest BCUT2D eigenvalue weighted by molar-refractivity contribution is 5.99. The molecular weight excluding hydrogens is 245 g/mol. The molecule has 0 radical (unpaired) electrons. The van der Waals surface area contributed by atoms with E-state index >= 15 is 0 Å². The summed E-state index contributed by atoms with van der Waals surface area (Å²) in [5.41, 5.74) is 13.4. The Morgan fingerprint density at radius 3 is 2.53 bits per heavy atom. The minimum Gasteiger partial charge on any atom is -0.398 e. The number of benzene rings is 2. The number of nitrogens with one attached hydrogen (secondary N) is 1. The van der Waals surface area contributed by atoms with Crippen molar-refractivity contribution in [2.75, 3.05) is 11.1 Å². The summed E-state index contributed by atoms with van der Waals surface area (Å²) in [6.45, 7) is 1.80. The number of anilines is 3. The van der Waals surface area contributed by atoms with Crippen LogP contribution in [0.2, 0.25) is 0 Å². The van der Waals surface area contributed by atoms with Crippen molar-refractivity contribution in [1.29, 1.82) is 0 Å². The van der Waals surface area contributed by atoms with Crippen molar-refractivity contribution in [2.45, 2.75) is 6.92 Å². The molecule has 0 aliphatic carbocycles. The van der Waals surface area contributed by atoms with Crippen LogP contribution in [-0.2, 0) is 0 Å². The molecule has 0 aliphatic rings. The van der Waals surface area contributed by atoms with Gasteiger partial charge in [-0.25, -0.2) is 4.39 Å². The first kappa shape index (κ1) is 12.9. The lowest BCUT2D eigenvalue weighted by Gasteiger charge is -2.10. The first-order valence-electron chi connectivity index (χ1n) is 5.69. The molecule has 0 unspecified atom stereocenters. The highest BCUT2D eigenvalue weighted by Crippen LogP contribution is 2.22. The summed E-state index contributed by atoms with van der Waals surface area (Å²) >= 11 is 0. The van der Waals surface area contributed by atoms with Crippen molar-refractivity contribution in [3.8, 4) is 0 Å². The molecule has 0 atom stereocenters. The molecule has 0 bridgehead atoms. The standard InChI is InChI=1S/C14H14FN3O/c1-8-4-9(15)6-11(5-8)18-10-2-3-13(16)12(7-10)14(17)19/h2-7,18H,16H2,1H3,(H2,17,19). The van der Waals surface area contributed by atoms with E-state index in [-0.39, 0.29) is 11.4 Å². The number of rotatable bonds is 3. The molecule has 0 saturated carbocycles. The minimum atomic E-state index is -0.600. The third-order valence-electron chi connectivity index (χ3n) is 2.65. The largest absolute Gasteiger partial charge is 0.398 e. The summed E-state index contributed by atoms with van der Waals surface area (Å²) in [5.74, 6) is -0.926. The first-order valence-corrected chi connectivity index (χ1v) is 5.69. The molecule has 0 aromatic heterocycles. The zero-order valence-corrected chi connectivity index (χ0v) is 10.4. The normalized spacial score (nSPS) is 10.2. The number of amides is 1. The number of halogens is 1. The van der Waals surface area contributed by atoms with E-state index in [2.05, 4.69) is 5.32 Å². The van der Waals surface area contributed by atoms with Gasteiger partial charge in [0.25, 0.3) is 5.91 Å². The Hall–Kier alpha value is -2.56. The van der Waals surface area contributed by atoms with Crippen LogP contribution in [0.5, 0.6) is 0 Å². The van der Waals surface area contributed by atoms with Crippen LogP contribution in [0.25, 0.3) is 0 Å². The van der Waals surface area contributed by atoms with Gasteiger partial charge < -0.3 is 16.8 Å².